The molecular formula is C20H21N7O2. The normalized spacial score (nSPS) is 13.4. The van der Waals surface area contributed by atoms with Crippen molar-refractivity contribution in [2.45, 2.75) is 13.0 Å². The van der Waals surface area contributed by atoms with Gasteiger partial charge in [0.2, 0.25) is 11.7 Å². The molecule has 0 radical (unpaired) electrons. The second-order valence-electron chi connectivity index (χ2n) is 6.65. The molecule has 0 atom stereocenters. The highest BCUT2D eigenvalue weighted by molar-refractivity contribution is 5.97. The number of benzene rings is 2. The molecule has 9 nitrogen and oxygen atoms in total. The van der Waals surface area contributed by atoms with Crippen molar-refractivity contribution in [2.75, 3.05) is 25.0 Å². The summed E-state index contributed by atoms with van der Waals surface area (Å²) in [5.74, 6) is 0.372. The van der Waals surface area contributed by atoms with Gasteiger partial charge in [0, 0.05) is 24.3 Å². The molecule has 2 N–H and O–H groups in total. The van der Waals surface area contributed by atoms with Crippen LogP contribution in [0.1, 0.15) is 5.56 Å². The van der Waals surface area contributed by atoms with Gasteiger partial charge in [-0.05, 0) is 29.3 Å². The van der Waals surface area contributed by atoms with Crippen LogP contribution >= 0.6 is 0 Å². The summed E-state index contributed by atoms with van der Waals surface area (Å²) in [5.41, 5.74) is 2.89. The zero-order chi connectivity index (χ0) is 20.1. The van der Waals surface area contributed by atoms with Crippen molar-refractivity contribution in [3.8, 4) is 11.4 Å². The van der Waals surface area contributed by atoms with Crippen molar-refractivity contribution in [3.05, 3.63) is 60.2 Å². The molecule has 1 fully saturated rings. The van der Waals surface area contributed by atoms with Crippen LogP contribution in [0.4, 0.5) is 10.5 Å². The fourth-order valence-electron chi connectivity index (χ4n) is 3.04. The number of hydrogen-bond donors (Lipinski definition) is 2. The van der Waals surface area contributed by atoms with Gasteiger partial charge < -0.3 is 10.6 Å². The van der Waals surface area contributed by atoms with E-state index in [0.29, 0.717) is 25.5 Å². The zero-order valence-corrected chi connectivity index (χ0v) is 15.8. The molecule has 29 heavy (non-hydrogen) atoms. The van der Waals surface area contributed by atoms with Crippen LogP contribution in [-0.2, 0) is 17.8 Å². The Morgan fingerprint density at radius 1 is 1.10 bits per heavy atom. The van der Waals surface area contributed by atoms with Gasteiger partial charge in [0.15, 0.2) is 0 Å². The lowest BCUT2D eigenvalue weighted by Crippen LogP contribution is -2.37. The molecule has 3 aromatic rings. The first kappa shape index (κ1) is 18.6. The molecule has 0 saturated carbocycles. The minimum absolute atomic E-state index is 0.0813. The Morgan fingerprint density at radius 2 is 1.90 bits per heavy atom. The smallest absolute Gasteiger partial charge is 0.324 e. The molecule has 0 spiro atoms. The van der Waals surface area contributed by atoms with Crippen LogP contribution in [-0.4, -0.2) is 56.7 Å². The Kier molecular flexibility index (Phi) is 5.46. The number of tetrazole rings is 1. The Morgan fingerprint density at radius 3 is 2.62 bits per heavy atom. The maximum Gasteiger partial charge on any atom is 0.324 e. The number of nitrogens with zero attached hydrogens (tertiary/aromatic N) is 5. The van der Waals surface area contributed by atoms with Crippen LogP contribution in [0.2, 0.25) is 0 Å². The largest absolute Gasteiger partial charge is 0.376 e. The zero-order valence-electron chi connectivity index (χ0n) is 15.8. The number of amides is 3. The van der Waals surface area contributed by atoms with Crippen molar-refractivity contribution >= 4 is 17.6 Å². The maximum atomic E-state index is 12.0. The summed E-state index contributed by atoms with van der Waals surface area (Å²) < 4.78 is 0. The molecule has 1 aromatic heterocycles. The van der Waals surface area contributed by atoms with Crippen molar-refractivity contribution in [1.82, 2.24) is 30.4 Å². The van der Waals surface area contributed by atoms with Gasteiger partial charge in [-0.1, -0.05) is 42.5 Å². The van der Waals surface area contributed by atoms with Crippen LogP contribution in [0.15, 0.2) is 54.6 Å². The molecule has 2 aromatic carbocycles. The molecule has 1 aliphatic heterocycles. The Hall–Kier alpha value is -3.75. The fraction of sp³-hybridized carbons (Fsp3) is 0.250. The van der Waals surface area contributed by atoms with Gasteiger partial charge in [-0.25, -0.2) is 4.79 Å². The molecule has 0 unspecified atom stereocenters. The minimum atomic E-state index is -0.329. The molecule has 3 amide bonds. The highest BCUT2D eigenvalue weighted by atomic mass is 16.2. The van der Waals surface area contributed by atoms with Crippen molar-refractivity contribution in [1.29, 1.82) is 0 Å². The van der Waals surface area contributed by atoms with E-state index in [9.17, 15) is 9.59 Å². The minimum Gasteiger partial charge on any atom is -0.376 e. The second kappa shape index (κ2) is 8.51. The maximum absolute atomic E-state index is 12.0. The number of urea groups is 1. The quantitative estimate of drug-likeness (QED) is 0.633. The lowest BCUT2D eigenvalue weighted by atomic mass is 10.1. The van der Waals surface area contributed by atoms with E-state index in [1.165, 1.54) is 4.90 Å². The molecular weight excluding hydrogens is 370 g/mol. The van der Waals surface area contributed by atoms with Crippen LogP contribution in [0.3, 0.4) is 0 Å². The lowest BCUT2D eigenvalue weighted by molar-refractivity contribution is -0.125. The summed E-state index contributed by atoms with van der Waals surface area (Å²) in [4.78, 5) is 26.3. The highest BCUT2D eigenvalue weighted by Crippen LogP contribution is 2.13. The van der Waals surface area contributed by atoms with Gasteiger partial charge in [-0.3, -0.25) is 9.69 Å². The highest BCUT2D eigenvalue weighted by Gasteiger charge is 2.25. The van der Waals surface area contributed by atoms with Crippen LogP contribution < -0.4 is 10.6 Å². The third-order valence-corrected chi connectivity index (χ3v) is 4.64. The molecule has 1 saturated heterocycles. The average Bonchev–Trinajstić information content (AvgIpc) is 3.41. The van der Waals surface area contributed by atoms with E-state index < -0.39 is 0 Å². The number of aromatic nitrogens is 4. The Bertz CT molecular complexity index is 986. The van der Waals surface area contributed by atoms with Crippen molar-refractivity contribution in [3.63, 3.8) is 0 Å². The van der Waals surface area contributed by atoms with Gasteiger partial charge >= 0.3 is 6.03 Å². The van der Waals surface area contributed by atoms with Gasteiger partial charge in [-0.15, -0.1) is 10.2 Å². The summed E-state index contributed by atoms with van der Waals surface area (Å²) in [6.07, 6.45) is 0.762. The van der Waals surface area contributed by atoms with Gasteiger partial charge in [0.05, 0.1) is 13.1 Å². The standard InChI is InChI=1S/C20H21N7O2/c28-18(26-13-11-21-20(26)29)14-22-17-8-6-15(7-9-17)10-12-27-24-19(23-25-27)16-4-2-1-3-5-16/h1-9,22H,10-14H2,(H,21,29). The topological polar surface area (TPSA) is 105 Å². The molecule has 0 aliphatic carbocycles. The first-order chi connectivity index (χ1) is 14.2. The number of carbonyl (C=O) groups is 2. The number of anilines is 1. The molecule has 9 heteroatoms. The predicted molar refractivity (Wildman–Crippen MR) is 107 cm³/mol. The van der Waals surface area contributed by atoms with Gasteiger partial charge in [0.25, 0.3) is 0 Å². The summed E-state index contributed by atoms with van der Waals surface area (Å²) in [6, 6.07) is 17.2. The number of rotatable bonds is 7. The number of nitrogens with one attached hydrogen (secondary N) is 2. The summed E-state index contributed by atoms with van der Waals surface area (Å²) in [7, 11) is 0. The van der Waals surface area contributed by atoms with E-state index in [-0.39, 0.29) is 18.5 Å². The first-order valence-electron chi connectivity index (χ1n) is 9.43. The van der Waals surface area contributed by atoms with Gasteiger partial charge in [0.1, 0.15) is 0 Å². The average molecular weight is 391 g/mol. The predicted octanol–water partition coefficient (Wildman–Crippen LogP) is 1.55. The van der Waals surface area contributed by atoms with Gasteiger partial charge in [-0.2, -0.15) is 4.80 Å². The van der Waals surface area contributed by atoms with E-state index in [1.807, 2.05) is 54.6 Å². The Labute approximate surface area is 167 Å². The Balaban J connectivity index is 1.27. The van der Waals surface area contributed by atoms with Crippen molar-refractivity contribution < 1.29 is 9.59 Å². The second-order valence-corrected chi connectivity index (χ2v) is 6.65. The summed E-state index contributed by atoms with van der Waals surface area (Å²) in [6.45, 7) is 1.63. The molecule has 2 heterocycles. The lowest BCUT2D eigenvalue weighted by Gasteiger charge is -2.13. The fourth-order valence-corrected chi connectivity index (χ4v) is 3.04. The molecule has 148 valence electrons. The van der Waals surface area contributed by atoms with E-state index in [0.717, 1.165) is 23.2 Å². The third-order valence-electron chi connectivity index (χ3n) is 4.64. The summed E-state index contributed by atoms with van der Waals surface area (Å²) >= 11 is 0. The number of carbonyl (C=O) groups excluding carboxylic acids is 2. The van der Waals surface area contributed by atoms with E-state index in [2.05, 4.69) is 26.0 Å². The first-order valence-corrected chi connectivity index (χ1v) is 9.43. The van der Waals surface area contributed by atoms with E-state index in [4.69, 9.17) is 0 Å². The number of aryl methyl sites for hydroxylation is 2. The van der Waals surface area contributed by atoms with Crippen LogP contribution in [0.25, 0.3) is 11.4 Å². The van der Waals surface area contributed by atoms with E-state index >= 15 is 0 Å². The summed E-state index contributed by atoms with van der Waals surface area (Å²) in [5, 5.41) is 18.3. The van der Waals surface area contributed by atoms with Crippen LogP contribution in [0, 0.1) is 0 Å². The molecule has 0 bridgehead atoms. The molecule has 4 rings (SSSR count). The number of hydrogen-bond acceptors (Lipinski definition) is 6. The number of imide groups is 1. The van der Waals surface area contributed by atoms with E-state index in [1.54, 1.807) is 4.80 Å². The molecule has 1 aliphatic rings. The van der Waals surface area contributed by atoms with Crippen LogP contribution in [0.5, 0.6) is 0 Å². The van der Waals surface area contributed by atoms with Crippen molar-refractivity contribution in [2.24, 2.45) is 0 Å². The third kappa shape index (κ3) is 4.57. The monoisotopic (exact) mass is 391 g/mol. The SMILES string of the molecule is O=C(CNc1ccc(CCn2nnc(-c3ccccc3)n2)cc1)N1CCNC1=O.